The number of nitrogens with one attached hydrogen (secondary N) is 1. The molecule has 11 nitrogen and oxygen atoms in total. The fourth-order valence-electron chi connectivity index (χ4n) is 6.61. The van der Waals surface area contributed by atoms with Crippen LogP contribution in [0.1, 0.15) is 101 Å². The minimum Gasteiger partial charge on any atom is -0.388 e. The number of unbranched alkanes of at least 4 members (excludes halogenated alkanes) is 1. The van der Waals surface area contributed by atoms with Crippen molar-refractivity contribution in [3.63, 3.8) is 0 Å². The van der Waals surface area contributed by atoms with Crippen molar-refractivity contribution in [1.29, 1.82) is 0 Å². The Labute approximate surface area is 281 Å². The fourth-order valence-corrected chi connectivity index (χ4v) is 6.61. The molecule has 1 unspecified atom stereocenters. The first-order valence-corrected chi connectivity index (χ1v) is 17.4. The van der Waals surface area contributed by atoms with Gasteiger partial charge in [-0.1, -0.05) is 75.2 Å². The molecule has 0 amide bonds. The Morgan fingerprint density at radius 1 is 1.00 bits per heavy atom. The molecule has 0 spiro atoms. The maximum atomic E-state index is 14.4. The molecule has 2 aromatic heterocycles. The minimum atomic E-state index is -0.864. The molecular formula is C37H48N6O5. The first kappa shape index (κ1) is 34.0. The number of rotatable bonds is 14. The molecule has 1 saturated carbocycles. The molecule has 6 rings (SSSR count). The molecule has 2 aromatic carbocycles. The third kappa shape index (κ3) is 7.70. The van der Waals surface area contributed by atoms with Crippen molar-refractivity contribution in [3.8, 4) is 11.1 Å². The monoisotopic (exact) mass is 656 g/mol. The summed E-state index contributed by atoms with van der Waals surface area (Å²) in [6.45, 7) is 8.64. The molecule has 1 aliphatic carbocycles. The first-order valence-electron chi connectivity index (χ1n) is 17.4. The Hall–Kier alpha value is -3.90. The van der Waals surface area contributed by atoms with Gasteiger partial charge in [0, 0.05) is 23.6 Å². The van der Waals surface area contributed by atoms with E-state index < -0.39 is 12.0 Å². The zero-order chi connectivity index (χ0) is 33.7. The number of benzene rings is 2. The van der Waals surface area contributed by atoms with Crippen molar-refractivity contribution in [1.82, 2.24) is 24.6 Å². The van der Waals surface area contributed by atoms with Crippen LogP contribution in [0.4, 0.5) is 0 Å². The van der Waals surface area contributed by atoms with Crippen LogP contribution in [0, 0.1) is 0 Å². The molecule has 3 heterocycles. The molecule has 0 radical (unpaired) electrons. The van der Waals surface area contributed by atoms with Gasteiger partial charge in [-0.2, -0.15) is 10.1 Å². The number of nitrogens with zero attached hydrogens (tertiary/aromatic N) is 5. The summed E-state index contributed by atoms with van der Waals surface area (Å²) in [5.41, 5.74) is 7.81. The molecule has 2 N–H and O–H groups in total. The first-order chi connectivity index (χ1) is 23.3. The Morgan fingerprint density at radius 3 is 2.46 bits per heavy atom. The van der Waals surface area contributed by atoms with E-state index in [0.717, 1.165) is 84.9 Å². The van der Waals surface area contributed by atoms with E-state index in [1.165, 1.54) is 0 Å². The molecule has 11 heteroatoms. The van der Waals surface area contributed by atoms with E-state index in [1.54, 1.807) is 20.2 Å². The van der Waals surface area contributed by atoms with E-state index in [-0.39, 0.29) is 17.7 Å². The van der Waals surface area contributed by atoms with Gasteiger partial charge in [0.15, 0.2) is 5.84 Å². The van der Waals surface area contributed by atoms with Crippen molar-refractivity contribution in [3.05, 3.63) is 87.6 Å². The maximum absolute atomic E-state index is 14.4. The third-order valence-electron chi connectivity index (χ3n) is 9.07. The van der Waals surface area contributed by atoms with Gasteiger partial charge in [0.05, 0.1) is 30.6 Å². The van der Waals surface area contributed by atoms with Gasteiger partial charge in [0.25, 0.3) is 12.0 Å². The number of hydrogen-bond acceptors (Lipinski definition) is 9. The SMILES string of the molecule is CCCCOC1N=C(c2ccccc2-c2ccc(Cc3c(CCC)n4ncnc4n(C4CCC(OCC(C)(C)O)CC4)c3=O)cc2)NO1. The molecule has 0 saturated heterocycles. The lowest BCUT2D eigenvalue weighted by atomic mass is 9.92. The second kappa shape index (κ2) is 15.1. The van der Waals surface area contributed by atoms with Gasteiger partial charge in [-0.3, -0.25) is 9.36 Å². The van der Waals surface area contributed by atoms with Gasteiger partial charge in [-0.25, -0.2) is 19.8 Å². The number of hydrogen-bond donors (Lipinski definition) is 2. The topological polar surface area (TPSA) is 125 Å². The summed E-state index contributed by atoms with van der Waals surface area (Å²) >= 11 is 0. The fraction of sp³-hybridized carbons (Fsp3) is 0.514. The van der Waals surface area contributed by atoms with Crippen LogP contribution < -0.4 is 11.0 Å². The smallest absolute Gasteiger partial charge is 0.282 e. The highest BCUT2D eigenvalue weighted by Gasteiger charge is 2.29. The van der Waals surface area contributed by atoms with Crippen LogP contribution in [-0.2, 0) is 27.2 Å². The number of hydroxylamine groups is 1. The number of aliphatic imine (C=N–C) groups is 1. The Balaban J connectivity index is 1.25. The molecule has 1 aliphatic heterocycles. The van der Waals surface area contributed by atoms with Crippen molar-refractivity contribution in [2.24, 2.45) is 4.99 Å². The average molecular weight is 657 g/mol. The second-order valence-electron chi connectivity index (χ2n) is 13.5. The van der Waals surface area contributed by atoms with Gasteiger partial charge < -0.3 is 14.6 Å². The number of aliphatic hydroxyl groups is 1. The number of aryl methyl sites for hydroxylation is 1. The van der Waals surface area contributed by atoms with Gasteiger partial charge >= 0.3 is 0 Å². The van der Waals surface area contributed by atoms with Crippen LogP contribution in [-0.4, -0.2) is 61.4 Å². The standard InChI is InChI=1S/C37H48N6O5/c1-5-7-21-46-36-40-33(41-48-36)30-12-9-8-11-29(30)26-15-13-25(14-16-26)22-31-32(10-6-2)43-35(38-24-39-43)42(34(31)44)27-17-19-28(20-18-27)47-23-37(3,4)45/h8-9,11-16,24,27-28,36,45H,5-7,10,17-23H2,1-4H3,(H,40,41). The zero-order valence-electron chi connectivity index (χ0n) is 28.5. The highest BCUT2D eigenvalue weighted by atomic mass is 16.8. The van der Waals surface area contributed by atoms with Crippen LogP contribution in [0.5, 0.6) is 0 Å². The van der Waals surface area contributed by atoms with Crippen LogP contribution in [0.15, 0.2) is 64.6 Å². The van der Waals surface area contributed by atoms with Crippen molar-refractivity contribution >= 4 is 11.6 Å². The lowest BCUT2D eigenvalue weighted by Crippen LogP contribution is -2.36. The van der Waals surface area contributed by atoms with Gasteiger partial charge in [0.2, 0.25) is 5.78 Å². The summed E-state index contributed by atoms with van der Waals surface area (Å²) in [5.74, 6) is 1.24. The molecule has 256 valence electrons. The molecule has 4 aromatic rings. The highest BCUT2D eigenvalue weighted by molar-refractivity contribution is 6.04. The largest absolute Gasteiger partial charge is 0.388 e. The molecule has 1 atom stereocenters. The van der Waals surface area contributed by atoms with Crippen molar-refractivity contribution < 1.29 is 19.4 Å². The minimum absolute atomic E-state index is 0.00669. The summed E-state index contributed by atoms with van der Waals surface area (Å²) in [6.07, 6.45) is 8.32. The van der Waals surface area contributed by atoms with Gasteiger partial charge in [-0.15, -0.1) is 0 Å². The number of fused-ring (bicyclic) bond motifs is 1. The highest BCUT2D eigenvalue weighted by Crippen LogP contribution is 2.32. The van der Waals surface area contributed by atoms with E-state index in [0.29, 0.717) is 31.2 Å². The predicted molar refractivity (Wildman–Crippen MR) is 185 cm³/mol. The summed E-state index contributed by atoms with van der Waals surface area (Å²) in [7, 11) is 0. The van der Waals surface area contributed by atoms with E-state index >= 15 is 0 Å². The lowest BCUT2D eigenvalue weighted by Gasteiger charge is -2.32. The number of amidine groups is 1. The van der Waals surface area contributed by atoms with Crippen molar-refractivity contribution in [2.75, 3.05) is 13.2 Å². The maximum Gasteiger partial charge on any atom is 0.282 e. The Morgan fingerprint density at radius 2 is 1.75 bits per heavy atom. The number of aromatic nitrogens is 4. The molecule has 1 fully saturated rings. The quantitative estimate of drug-likeness (QED) is 0.164. The van der Waals surface area contributed by atoms with E-state index in [4.69, 9.17) is 14.3 Å². The predicted octanol–water partition coefficient (Wildman–Crippen LogP) is 5.75. The second-order valence-corrected chi connectivity index (χ2v) is 13.5. The Bertz CT molecular complexity index is 1770. The van der Waals surface area contributed by atoms with E-state index in [2.05, 4.69) is 64.7 Å². The van der Waals surface area contributed by atoms with Gasteiger partial charge in [0.1, 0.15) is 6.33 Å². The summed E-state index contributed by atoms with van der Waals surface area (Å²) in [4.78, 5) is 29.1. The van der Waals surface area contributed by atoms with Crippen LogP contribution in [0.25, 0.3) is 16.9 Å². The summed E-state index contributed by atoms with van der Waals surface area (Å²) < 4.78 is 15.5. The van der Waals surface area contributed by atoms with Crippen molar-refractivity contribution in [2.45, 2.75) is 110 Å². The Kier molecular flexibility index (Phi) is 10.7. The molecule has 48 heavy (non-hydrogen) atoms. The summed E-state index contributed by atoms with van der Waals surface area (Å²) in [5, 5.41) is 14.7. The zero-order valence-corrected chi connectivity index (χ0v) is 28.5. The van der Waals surface area contributed by atoms with Crippen LogP contribution in [0.2, 0.25) is 0 Å². The molecular weight excluding hydrogens is 608 g/mol. The summed E-state index contributed by atoms with van der Waals surface area (Å²) in [6, 6.07) is 16.5. The van der Waals surface area contributed by atoms with Gasteiger partial charge in [-0.05, 0) is 69.1 Å². The normalized spacial score (nSPS) is 19.9. The van der Waals surface area contributed by atoms with Crippen LogP contribution in [0.3, 0.4) is 0 Å². The number of ether oxygens (including phenoxy) is 2. The molecule has 0 bridgehead atoms. The van der Waals surface area contributed by atoms with Crippen LogP contribution >= 0.6 is 0 Å². The average Bonchev–Trinajstić information content (AvgIpc) is 3.77. The lowest BCUT2D eigenvalue weighted by molar-refractivity contribution is -0.144. The van der Waals surface area contributed by atoms with E-state index in [1.807, 2.05) is 27.3 Å². The third-order valence-corrected chi connectivity index (χ3v) is 9.07. The van der Waals surface area contributed by atoms with E-state index in [9.17, 15) is 9.90 Å². The molecule has 2 aliphatic rings.